The fraction of sp³-hybridized carbons (Fsp3) is 0.615. The molecule has 1 aliphatic carbocycles. The Morgan fingerprint density at radius 1 is 1.23 bits per heavy atom. The Balaban J connectivity index is 1.35. The first-order valence-corrected chi connectivity index (χ1v) is 12.0. The maximum atomic E-state index is 9.45. The molecule has 2 unspecified atom stereocenters. The van der Waals surface area contributed by atoms with Crippen LogP contribution in [0.5, 0.6) is 0 Å². The van der Waals surface area contributed by atoms with Crippen LogP contribution in [0.15, 0.2) is 36.5 Å². The fourth-order valence-electron chi connectivity index (χ4n) is 6.47. The van der Waals surface area contributed by atoms with Crippen molar-refractivity contribution in [3.8, 4) is 6.07 Å². The first-order chi connectivity index (χ1) is 15.1. The fourth-order valence-corrected chi connectivity index (χ4v) is 6.47. The van der Waals surface area contributed by atoms with Gasteiger partial charge in [-0.2, -0.15) is 5.26 Å². The van der Waals surface area contributed by atoms with E-state index in [1.807, 2.05) is 18.3 Å². The molecule has 5 nitrogen and oxygen atoms in total. The Morgan fingerprint density at radius 3 is 2.87 bits per heavy atom. The average Bonchev–Trinajstić information content (AvgIpc) is 3.41. The predicted octanol–water partition coefficient (Wildman–Crippen LogP) is 4.88. The van der Waals surface area contributed by atoms with Crippen LogP contribution >= 0.6 is 0 Å². The molecule has 31 heavy (non-hydrogen) atoms. The molecule has 1 saturated carbocycles. The monoisotopic (exact) mass is 418 g/mol. The Bertz CT molecular complexity index is 940. The van der Waals surface area contributed by atoms with E-state index in [4.69, 9.17) is 9.72 Å². The highest BCUT2D eigenvalue weighted by Gasteiger charge is 2.48. The van der Waals surface area contributed by atoms with Crippen molar-refractivity contribution >= 4 is 0 Å². The topological polar surface area (TPSA) is 62.9 Å². The molecule has 1 N–H and O–H groups in total. The molecule has 0 aromatic carbocycles. The summed E-state index contributed by atoms with van der Waals surface area (Å²) in [6, 6.07) is 13.1. The smallest absolute Gasteiger partial charge is 0.120 e. The molecule has 164 valence electrons. The molecule has 2 fully saturated rings. The van der Waals surface area contributed by atoms with Crippen molar-refractivity contribution in [3.63, 3.8) is 0 Å². The third kappa shape index (κ3) is 3.92. The lowest BCUT2D eigenvalue weighted by Gasteiger charge is -2.46. The van der Waals surface area contributed by atoms with Crippen LogP contribution in [-0.4, -0.2) is 28.3 Å². The molecule has 2 aromatic heterocycles. The highest BCUT2D eigenvalue weighted by molar-refractivity contribution is 5.30. The summed E-state index contributed by atoms with van der Waals surface area (Å²) in [5, 5.41) is 13.3. The lowest BCUT2D eigenvalue weighted by Crippen LogP contribution is -2.47. The van der Waals surface area contributed by atoms with Crippen molar-refractivity contribution in [1.82, 2.24) is 14.9 Å². The summed E-state index contributed by atoms with van der Waals surface area (Å²) in [6.45, 7) is 5.03. The van der Waals surface area contributed by atoms with Crippen molar-refractivity contribution in [1.29, 1.82) is 5.26 Å². The number of fused-ring (bicyclic) bond motifs is 1. The zero-order chi connectivity index (χ0) is 21.3. The maximum absolute atomic E-state index is 9.45. The van der Waals surface area contributed by atoms with E-state index in [1.165, 1.54) is 37.1 Å². The summed E-state index contributed by atoms with van der Waals surface area (Å²) < 4.78 is 8.60. The number of nitrogens with one attached hydrogen (secondary N) is 1. The number of pyridine rings is 1. The minimum atomic E-state index is 0.0610. The van der Waals surface area contributed by atoms with Crippen LogP contribution in [0.3, 0.4) is 0 Å². The van der Waals surface area contributed by atoms with Gasteiger partial charge >= 0.3 is 0 Å². The summed E-state index contributed by atoms with van der Waals surface area (Å²) in [5.74, 6) is 0.569. The Labute approximate surface area is 185 Å². The Morgan fingerprint density at radius 2 is 2.10 bits per heavy atom. The van der Waals surface area contributed by atoms with E-state index in [0.717, 1.165) is 51.1 Å². The Hall–Kier alpha value is -2.16. The molecule has 1 spiro atoms. The van der Waals surface area contributed by atoms with Crippen LogP contribution in [0.25, 0.3) is 0 Å². The van der Waals surface area contributed by atoms with Crippen molar-refractivity contribution in [2.75, 3.05) is 13.2 Å². The number of ether oxygens (including phenoxy) is 1. The van der Waals surface area contributed by atoms with E-state index in [-0.39, 0.29) is 11.0 Å². The van der Waals surface area contributed by atoms with Gasteiger partial charge in [-0.15, -0.1) is 0 Å². The second-order valence-corrected chi connectivity index (χ2v) is 10.1. The minimum absolute atomic E-state index is 0.0610. The van der Waals surface area contributed by atoms with Crippen LogP contribution in [0.4, 0.5) is 0 Å². The molecule has 2 aliphatic heterocycles. The average molecular weight is 419 g/mol. The lowest BCUT2D eigenvalue weighted by molar-refractivity contribution is -0.104. The highest BCUT2D eigenvalue weighted by atomic mass is 16.5. The van der Waals surface area contributed by atoms with Crippen LogP contribution in [0, 0.1) is 17.2 Å². The second-order valence-electron chi connectivity index (χ2n) is 10.1. The third-order valence-electron chi connectivity index (χ3n) is 7.99. The van der Waals surface area contributed by atoms with Gasteiger partial charge in [-0.1, -0.05) is 25.8 Å². The lowest BCUT2D eigenvalue weighted by atomic mass is 9.68. The molecule has 0 amide bonds. The van der Waals surface area contributed by atoms with Gasteiger partial charge in [-0.3, -0.25) is 4.98 Å². The molecule has 0 bridgehead atoms. The molecule has 4 heterocycles. The van der Waals surface area contributed by atoms with Gasteiger partial charge in [0.2, 0.25) is 0 Å². The van der Waals surface area contributed by atoms with Crippen LogP contribution in [0.1, 0.15) is 81.4 Å². The van der Waals surface area contributed by atoms with Crippen LogP contribution in [-0.2, 0) is 16.7 Å². The largest absolute Gasteiger partial charge is 0.375 e. The first-order valence-electron chi connectivity index (χ1n) is 12.0. The van der Waals surface area contributed by atoms with Crippen molar-refractivity contribution in [2.45, 2.75) is 81.9 Å². The van der Waals surface area contributed by atoms with E-state index >= 15 is 0 Å². The van der Waals surface area contributed by atoms with E-state index < -0.39 is 0 Å². The quantitative estimate of drug-likeness (QED) is 0.752. The van der Waals surface area contributed by atoms with Gasteiger partial charge in [0.15, 0.2) is 0 Å². The summed E-state index contributed by atoms with van der Waals surface area (Å²) in [6.07, 6.45) is 11.2. The minimum Gasteiger partial charge on any atom is -0.375 e. The highest BCUT2D eigenvalue weighted by Crippen LogP contribution is 2.49. The molecular weight excluding hydrogens is 384 g/mol. The first kappa shape index (κ1) is 20.7. The van der Waals surface area contributed by atoms with Gasteiger partial charge < -0.3 is 14.6 Å². The van der Waals surface area contributed by atoms with Crippen LogP contribution < -0.4 is 5.32 Å². The zero-order valence-electron chi connectivity index (χ0n) is 18.6. The van der Waals surface area contributed by atoms with E-state index in [9.17, 15) is 5.26 Å². The standard InChI is InChI=1S/C26H34N4O/c1-20-16-22(23-8-7-21(17-27)30(23)18-20)28-14-11-25(24-6-2-5-13-29-24)12-15-31-26(19-25)9-3-4-10-26/h2,5-8,13,20,22,28H,3-4,9-12,14-16,18-19H2,1H3/t20?,22?,25-/m1/s1. The van der Waals surface area contributed by atoms with Gasteiger partial charge in [-0.05, 0) is 75.3 Å². The second kappa shape index (κ2) is 8.41. The molecule has 3 aliphatic rings. The zero-order valence-corrected chi connectivity index (χ0v) is 18.6. The summed E-state index contributed by atoms with van der Waals surface area (Å²) in [4.78, 5) is 4.83. The molecular formula is C26H34N4O. The SMILES string of the molecule is CC1CC(NCC[C@@]2(c3ccccn3)CCOC3(CCCC3)C2)c2ccc(C#N)n2C1. The van der Waals surface area contributed by atoms with Crippen LogP contribution in [0.2, 0.25) is 0 Å². The molecule has 5 rings (SSSR count). The predicted molar refractivity (Wildman–Crippen MR) is 121 cm³/mol. The number of rotatable bonds is 5. The third-order valence-corrected chi connectivity index (χ3v) is 7.99. The molecule has 2 aromatic rings. The number of hydrogen-bond donors (Lipinski definition) is 1. The van der Waals surface area contributed by atoms with E-state index in [1.54, 1.807) is 0 Å². The molecule has 1 saturated heterocycles. The number of nitriles is 1. The number of hydrogen-bond acceptors (Lipinski definition) is 4. The molecule has 5 heteroatoms. The molecule has 0 radical (unpaired) electrons. The van der Waals surface area contributed by atoms with Crippen molar-refractivity contribution in [3.05, 3.63) is 53.6 Å². The number of aromatic nitrogens is 2. The van der Waals surface area contributed by atoms with Gasteiger partial charge in [0.25, 0.3) is 0 Å². The maximum Gasteiger partial charge on any atom is 0.120 e. The van der Waals surface area contributed by atoms with Gasteiger partial charge in [0.1, 0.15) is 11.8 Å². The van der Waals surface area contributed by atoms with E-state index in [0.29, 0.717) is 12.0 Å². The van der Waals surface area contributed by atoms with Gasteiger partial charge in [0.05, 0.1) is 5.60 Å². The van der Waals surface area contributed by atoms with E-state index in [2.05, 4.69) is 41.1 Å². The Kier molecular flexibility index (Phi) is 5.62. The summed E-state index contributed by atoms with van der Waals surface area (Å²) in [7, 11) is 0. The van der Waals surface area contributed by atoms with Gasteiger partial charge in [0, 0.05) is 42.2 Å². The van der Waals surface area contributed by atoms with Gasteiger partial charge in [-0.25, -0.2) is 0 Å². The van der Waals surface area contributed by atoms with Crippen molar-refractivity contribution in [2.24, 2.45) is 5.92 Å². The van der Waals surface area contributed by atoms with Crippen molar-refractivity contribution < 1.29 is 4.74 Å². The normalized spacial score (nSPS) is 29.5. The summed E-state index contributed by atoms with van der Waals surface area (Å²) in [5.41, 5.74) is 3.42. The summed E-state index contributed by atoms with van der Waals surface area (Å²) >= 11 is 0. The number of nitrogens with zero attached hydrogens (tertiary/aromatic N) is 3. The molecule has 3 atom stereocenters.